The largest absolute Gasteiger partial charge is 0.318 e. The summed E-state index contributed by atoms with van der Waals surface area (Å²) in [5, 5.41) is 2.48. The molecule has 0 spiro atoms. The Morgan fingerprint density at radius 3 is 2.50 bits per heavy atom. The van der Waals surface area contributed by atoms with Crippen molar-refractivity contribution in [3.63, 3.8) is 0 Å². The van der Waals surface area contributed by atoms with E-state index in [1.54, 1.807) is 21.0 Å². The lowest BCUT2D eigenvalue weighted by Crippen LogP contribution is -2.39. The molecule has 1 aromatic carbocycles. The second-order valence-corrected chi connectivity index (χ2v) is 7.05. The van der Waals surface area contributed by atoms with E-state index in [-0.39, 0.29) is 0 Å². The first-order chi connectivity index (χ1) is 8.39. The molecule has 0 fully saturated rings. The number of benzene rings is 1. The van der Waals surface area contributed by atoms with E-state index in [0.29, 0.717) is 13.1 Å². The molecule has 4 nitrogen and oxygen atoms in total. The molecule has 1 aromatic rings. The van der Waals surface area contributed by atoms with Crippen molar-refractivity contribution in [2.75, 3.05) is 20.6 Å². The topological polar surface area (TPSA) is 49.4 Å². The standard InChI is InChI=1S/C13H22N2O2S/c1-11-7-5-6-8-13(11)10-15(4)18(16,17)12(2)9-14-3/h5-8,12,14H,9-10H2,1-4H3. The van der Waals surface area contributed by atoms with Gasteiger partial charge in [-0.15, -0.1) is 0 Å². The molecular weight excluding hydrogens is 248 g/mol. The third kappa shape index (κ3) is 3.54. The van der Waals surface area contributed by atoms with Crippen LogP contribution in [0, 0.1) is 6.92 Å². The van der Waals surface area contributed by atoms with Gasteiger partial charge in [-0.2, -0.15) is 0 Å². The number of sulfonamides is 1. The molecule has 0 aliphatic heterocycles. The Labute approximate surface area is 110 Å². The number of nitrogens with one attached hydrogen (secondary N) is 1. The molecule has 18 heavy (non-hydrogen) atoms. The average Bonchev–Trinajstić information content (AvgIpc) is 2.32. The number of hydrogen-bond donors (Lipinski definition) is 1. The molecule has 0 bridgehead atoms. The van der Waals surface area contributed by atoms with Crippen LogP contribution in [0.3, 0.4) is 0 Å². The smallest absolute Gasteiger partial charge is 0.218 e. The molecule has 0 saturated carbocycles. The second-order valence-electron chi connectivity index (χ2n) is 4.60. The van der Waals surface area contributed by atoms with Crippen molar-refractivity contribution in [1.82, 2.24) is 9.62 Å². The Morgan fingerprint density at radius 2 is 1.94 bits per heavy atom. The van der Waals surface area contributed by atoms with Crippen LogP contribution < -0.4 is 5.32 Å². The predicted molar refractivity (Wildman–Crippen MR) is 75.0 cm³/mol. The molecule has 0 aliphatic rings. The first-order valence-electron chi connectivity index (χ1n) is 6.04. The van der Waals surface area contributed by atoms with E-state index in [1.807, 2.05) is 31.2 Å². The van der Waals surface area contributed by atoms with Gasteiger partial charge >= 0.3 is 0 Å². The third-order valence-corrected chi connectivity index (χ3v) is 5.27. The molecule has 1 rings (SSSR count). The molecule has 102 valence electrons. The van der Waals surface area contributed by atoms with Crippen LogP contribution in [0.1, 0.15) is 18.1 Å². The molecule has 0 aromatic heterocycles. The van der Waals surface area contributed by atoms with Gasteiger partial charge in [0.1, 0.15) is 0 Å². The zero-order chi connectivity index (χ0) is 13.8. The normalized spacial score (nSPS) is 13.8. The average molecular weight is 270 g/mol. The zero-order valence-electron chi connectivity index (χ0n) is 11.5. The zero-order valence-corrected chi connectivity index (χ0v) is 12.3. The van der Waals surface area contributed by atoms with Crippen molar-refractivity contribution in [2.24, 2.45) is 0 Å². The van der Waals surface area contributed by atoms with Gasteiger partial charge in [-0.1, -0.05) is 24.3 Å². The van der Waals surface area contributed by atoms with Crippen LogP contribution in [-0.4, -0.2) is 38.6 Å². The van der Waals surface area contributed by atoms with Crippen LogP contribution in [-0.2, 0) is 16.6 Å². The van der Waals surface area contributed by atoms with Gasteiger partial charge in [0, 0.05) is 20.1 Å². The predicted octanol–water partition coefficient (Wildman–Crippen LogP) is 1.36. The summed E-state index contributed by atoms with van der Waals surface area (Å²) in [4.78, 5) is 0. The SMILES string of the molecule is CNCC(C)S(=O)(=O)N(C)Cc1ccccc1C. The summed E-state index contributed by atoms with van der Waals surface area (Å²) >= 11 is 0. The monoisotopic (exact) mass is 270 g/mol. The lowest BCUT2D eigenvalue weighted by Gasteiger charge is -2.22. The van der Waals surface area contributed by atoms with E-state index in [2.05, 4.69) is 5.32 Å². The second kappa shape index (κ2) is 6.31. The minimum absolute atomic E-state index is 0.420. The van der Waals surface area contributed by atoms with Crippen molar-refractivity contribution in [1.29, 1.82) is 0 Å². The van der Waals surface area contributed by atoms with E-state index < -0.39 is 15.3 Å². The van der Waals surface area contributed by atoms with E-state index in [1.165, 1.54) is 4.31 Å². The van der Waals surface area contributed by atoms with Crippen LogP contribution in [0.2, 0.25) is 0 Å². The van der Waals surface area contributed by atoms with Crippen molar-refractivity contribution in [3.05, 3.63) is 35.4 Å². The van der Waals surface area contributed by atoms with Gasteiger partial charge in [0.15, 0.2) is 0 Å². The first-order valence-corrected chi connectivity index (χ1v) is 7.54. The van der Waals surface area contributed by atoms with E-state index in [9.17, 15) is 8.42 Å². The minimum Gasteiger partial charge on any atom is -0.318 e. The van der Waals surface area contributed by atoms with Crippen molar-refractivity contribution >= 4 is 10.0 Å². The Bertz CT molecular complexity index is 486. The molecule has 0 heterocycles. The Balaban J connectivity index is 2.83. The molecule has 5 heteroatoms. The summed E-state index contributed by atoms with van der Waals surface area (Å²) in [6.45, 7) is 4.59. The fraction of sp³-hybridized carbons (Fsp3) is 0.538. The highest BCUT2D eigenvalue weighted by atomic mass is 32.2. The van der Waals surface area contributed by atoms with Gasteiger partial charge in [0.25, 0.3) is 0 Å². The summed E-state index contributed by atoms with van der Waals surface area (Å²) < 4.78 is 25.9. The summed E-state index contributed by atoms with van der Waals surface area (Å²) in [5.74, 6) is 0. The first kappa shape index (κ1) is 15.1. The lowest BCUT2D eigenvalue weighted by molar-refractivity contribution is 0.454. The Kier molecular flexibility index (Phi) is 5.31. The Hall–Kier alpha value is -0.910. The summed E-state index contributed by atoms with van der Waals surface area (Å²) in [7, 11) is 0.145. The van der Waals surface area contributed by atoms with Crippen molar-refractivity contribution < 1.29 is 8.42 Å². The van der Waals surface area contributed by atoms with Crippen molar-refractivity contribution in [2.45, 2.75) is 25.6 Å². The van der Waals surface area contributed by atoms with Gasteiger partial charge in [-0.05, 0) is 32.0 Å². The Morgan fingerprint density at radius 1 is 1.33 bits per heavy atom. The molecule has 0 radical (unpaired) electrons. The van der Waals surface area contributed by atoms with Crippen LogP contribution in [0.4, 0.5) is 0 Å². The van der Waals surface area contributed by atoms with E-state index in [0.717, 1.165) is 11.1 Å². The fourth-order valence-electron chi connectivity index (χ4n) is 1.82. The molecule has 1 unspecified atom stereocenters. The third-order valence-electron chi connectivity index (χ3n) is 3.09. The van der Waals surface area contributed by atoms with Crippen LogP contribution >= 0.6 is 0 Å². The van der Waals surface area contributed by atoms with Gasteiger partial charge in [-0.3, -0.25) is 0 Å². The highest BCUT2D eigenvalue weighted by Gasteiger charge is 2.25. The number of rotatable bonds is 6. The molecule has 1 N–H and O–H groups in total. The summed E-state index contributed by atoms with van der Waals surface area (Å²) in [6.07, 6.45) is 0. The summed E-state index contributed by atoms with van der Waals surface area (Å²) in [6, 6.07) is 7.84. The van der Waals surface area contributed by atoms with E-state index in [4.69, 9.17) is 0 Å². The lowest BCUT2D eigenvalue weighted by atomic mass is 10.1. The minimum atomic E-state index is -3.25. The quantitative estimate of drug-likeness (QED) is 0.849. The molecule has 1 atom stereocenters. The molecular formula is C13H22N2O2S. The van der Waals surface area contributed by atoms with Crippen LogP contribution in [0.15, 0.2) is 24.3 Å². The highest BCUT2D eigenvalue weighted by molar-refractivity contribution is 7.89. The molecule has 0 amide bonds. The fourth-order valence-corrected chi connectivity index (χ4v) is 3.13. The maximum Gasteiger partial charge on any atom is 0.218 e. The highest BCUT2D eigenvalue weighted by Crippen LogP contribution is 2.14. The van der Waals surface area contributed by atoms with Gasteiger partial charge in [0.05, 0.1) is 5.25 Å². The number of aryl methyl sites for hydroxylation is 1. The van der Waals surface area contributed by atoms with Gasteiger partial charge in [0.2, 0.25) is 10.0 Å². The van der Waals surface area contributed by atoms with Gasteiger partial charge in [-0.25, -0.2) is 12.7 Å². The molecule has 0 saturated heterocycles. The maximum absolute atomic E-state index is 12.2. The van der Waals surface area contributed by atoms with Crippen LogP contribution in [0.5, 0.6) is 0 Å². The maximum atomic E-state index is 12.2. The van der Waals surface area contributed by atoms with E-state index >= 15 is 0 Å². The number of hydrogen-bond acceptors (Lipinski definition) is 3. The number of nitrogens with zero attached hydrogens (tertiary/aromatic N) is 1. The summed E-state index contributed by atoms with van der Waals surface area (Å²) in [5.41, 5.74) is 2.15. The van der Waals surface area contributed by atoms with Crippen molar-refractivity contribution in [3.8, 4) is 0 Å². The molecule has 0 aliphatic carbocycles. The van der Waals surface area contributed by atoms with Gasteiger partial charge < -0.3 is 5.32 Å². The van der Waals surface area contributed by atoms with Crippen LogP contribution in [0.25, 0.3) is 0 Å².